The molecule has 4 aromatic rings. The fourth-order valence-corrected chi connectivity index (χ4v) is 5.31. The number of amides is 1. The SMILES string of the molecule is Cc1ccc(Cn2c(N3CCC[C@H](C(=O)NCc4ccccc4F)C3)nc3ccsc3c2=O)cc1. The molecule has 0 radical (unpaired) electrons. The second-order valence-corrected chi connectivity index (χ2v) is 9.93. The van der Waals surface area contributed by atoms with E-state index in [1.807, 2.05) is 47.5 Å². The summed E-state index contributed by atoms with van der Waals surface area (Å²) >= 11 is 1.40. The Morgan fingerprint density at radius 3 is 2.77 bits per heavy atom. The first-order valence-electron chi connectivity index (χ1n) is 11.8. The molecule has 180 valence electrons. The van der Waals surface area contributed by atoms with Crippen LogP contribution in [0, 0.1) is 18.7 Å². The fraction of sp³-hybridized carbons (Fsp3) is 0.296. The second kappa shape index (κ2) is 10.00. The average molecular weight is 491 g/mol. The van der Waals surface area contributed by atoms with Crippen LogP contribution in [0.4, 0.5) is 10.3 Å². The zero-order valence-electron chi connectivity index (χ0n) is 19.5. The number of carbonyl (C=O) groups is 1. The highest BCUT2D eigenvalue weighted by Gasteiger charge is 2.29. The van der Waals surface area contributed by atoms with Gasteiger partial charge in [0.1, 0.15) is 10.5 Å². The van der Waals surface area contributed by atoms with Gasteiger partial charge in [-0.25, -0.2) is 9.37 Å². The minimum absolute atomic E-state index is 0.0632. The second-order valence-electron chi connectivity index (χ2n) is 9.02. The molecule has 35 heavy (non-hydrogen) atoms. The van der Waals surface area contributed by atoms with Gasteiger partial charge in [0.25, 0.3) is 5.56 Å². The zero-order chi connectivity index (χ0) is 24.4. The van der Waals surface area contributed by atoms with Crippen LogP contribution in [0.25, 0.3) is 10.2 Å². The third-order valence-corrected chi connectivity index (χ3v) is 7.38. The van der Waals surface area contributed by atoms with Gasteiger partial charge in [-0.15, -0.1) is 11.3 Å². The Kier molecular flexibility index (Phi) is 6.63. The fourth-order valence-electron chi connectivity index (χ4n) is 4.53. The number of hydrogen-bond donors (Lipinski definition) is 1. The number of aromatic nitrogens is 2. The summed E-state index contributed by atoms with van der Waals surface area (Å²) in [6.07, 6.45) is 1.54. The maximum absolute atomic E-state index is 14.0. The van der Waals surface area contributed by atoms with Crippen LogP contribution in [0.3, 0.4) is 0 Å². The maximum Gasteiger partial charge on any atom is 0.273 e. The highest BCUT2D eigenvalue weighted by molar-refractivity contribution is 7.17. The van der Waals surface area contributed by atoms with Gasteiger partial charge >= 0.3 is 0 Å². The van der Waals surface area contributed by atoms with Crippen molar-refractivity contribution >= 4 is 33.4 Å². The van der Waals surface area contributed by atoms with E-state index in [0.29, 0.717) is 41.4 Å². The van der Waals surface area contributed by atoms with Gasteiger partial charge in [0.2, 0.25) is 11.9 Å². The monoisotopic (exact) mass is 490 g/mol. The Hall–Kier alpha value is -3.52. The van der Waals surface area contributed by atoms with E-state index in [1.165, 1.54) is 17.4 Å². The zero-order valence-corrected chi connectivity index (χ0v) is 20.4. The first kappa shape index (κ1) is 23.2. The lowest BCUT2D eigenvalue weighted by atomic mass is 9.97. The Morgan fingerprint density at radius 2 is 1.97 bits per heavy atom. The highest BCUT2D eigenvalue weighted by Crippen LogP contribution is 2.25. The third-order valence-electron chi connectivity index (χ3n) is 6.49. The number of fused-ring (bicyclic) bond motifs is 1. The van der Waals surface area contributed by atoms with Gasteiger partial charge in [-0.1, -0.05) is 48.0 Å². The molecule has 1 fully saturated rings. The smallest absolute Gasteiger partial charge is 0.273 e. The van der Waals surface area contributed by atoms with E-state index in [4.69, 9.17) is 4.98 Å². The van der Waals surface area contributed by atoms with Crippen LogP contribution < -0.4 is 15.8 Å². The molecule has 1 N–H and O–H groups in total. The topological polar surface area (TPSA) is 67.2 Å². The summed E-state index contributed by atoms with van der Waals surface area (Å²) in [5, 5.41) is 4.77. The van der Waals surface area contributed by atoms with Crippen molar-refractivity contribution in [2.45, 2.75) is 32.9 Å². The number of aryl methyl sites for hydroxylation is 1. The maximum atomic E-state index is 14.0. The van der Waals surface area contributed by atoms with Gasteiger partial charge in [0, 0.05) is 25.2 Å². The van der Waals surface area contributed by atoms with E-state index in [2.05, 4.69) is 5.32 Å². The van der Waals surface area contributed by atoms with Gasteiger partial charge in [0.05, 0.1) is 18.0 Å². The Bertz CT molecular complexity index is 1410. The lowest BCUT2D eigenvalue weighted by Crippen LogP contribution is -2.45. The molecule has 0 spiro atoms. The van der Waals surface area contributed by atoms with Crippen molar-refractivity contribution in [3.63, 3.8) is 0 Å². The molecule has 0 saturated carbocycles. The molecule has 0 unspecified atom stereocenters. The van der Waals surface area contributed by atoms with Crippen molar-refractivity contribution in [3.05, 3.63) is 92.8 Å². The molecule has 1 aliphatic heterocycles. The van der Waals surface area contributed by atoms with E-state index in [-0.39, 0.29) is 29.7 Å². The minimum Gasteiger partial charge on any atom is -0.352 e. The minimum atomic E-state index is -0.327. The van der Waals surface area contributed by atoms with Crippen LogP contribution in [0.15, 0.2) is 64.8 Å². The van der Waals surface area contributed by atoms with E-state index in [1.54, 1.807) is 22.8 Å². The van der Waals surface area contributed by atoms with E-state index in [9.17, 15) is 14.0 Å². The molecule has 1 amide bonds. The van der Waals surface area contributed by atoms with E-state index < -0.39 is 0 Å². The molecule has 2 aromatic heterocycles. The first-order valence-corrected chi connectivity index (χ1v) is 12.7. The predicted octanol–water partition coefficient (Wildman–Crippen LogP) is 4.49. The van der Waals surface area contributed by atoms with Crippen molar-refractivity contribution in [2.75, 3.05) is 18.0 Å². The first-order chi connectivity index (χ1) is 17.0. The lowest BCUT2D eigenvalue weighted by molar-refractivity contribution is -0.125. The highest BCUT2D eigenvalue weighted by atomic mass is 32.1. The van der Waals surface area contributed by atoms with Crippen LogP contribution in [0.1, 0.15) is 29.5 Å². The van der Waals surface area contributed by atoms with Gasteiger partial charge in [-0.2, -0.15) is 0 Å². The Balaban J connectivity index is 1.39. The molecular formula is C27H27FN4O2S. The largest absolute Gasteiger partial charge is 0.352 e. The van der Waals surface area contributed by atoms with Crippen molar-refractivity contribution in [1.82, 2.24) is 14.9 Å². The molecule has 0 aliphatic carbocycles. The predicted molar refractivity (Wildman–Crippen MR) is 137 cm³/mol. The van der Waals surface area contributed by atoms with E-state index in [0.717, 1.165) is 24.0 Å². The van der Waals surface area contributed by atoms with Crippen LogP contribution >= 0.6 is 11.3 Å². The van der Waals surface area contributed by atoms with Gasteiger partial charge < -0.3 is 10.2 Å². The van der Waals surface area contributed by atoms with Crippen LogP contribution in [-0.2, 0) is 17.9 Å². The number of anilines is 1. The molecule has 1 aliphatic rings. The normalized spacial score (nSPS) is 15.9. The molecule has 2 aromatic carbocycles. The van der Waals surface area contributed by atoms with Crippen molar-refractivity contribution in [3.8, 4) is 0 Å². The molecule has 1 saturated heterocycles. The van der Waals surface area contributed by atoms with E-state index >= 15 is 0 Å². The number of halogens is 1. The number of hydrogen-bond acceptors (Lipinski definition) is 5. The summed E-state index contributed by atoms with van der Waals surface area (Å²) in [4.78, 5) is 33.3. The molecule has 8 heteroatoms. The number of piperidine rings is 1. The molecule has 3 heterocycles. The summed E-state index contributed by atoms with van der Waals surface area (Å²) in [6.45, 7) is 3.77. The molecule has 1 atom stereocenters. The summed E-state index contributed by atoms with van der Waals surface area (Å²) < 4.78 is 16.3. The standard InChI is InChI=1S/C27H27FN4O2S/c1-18-8-10-19(11-9-18)16-32-26(34)24-23(12-14-35-24)30-27(32)31-13-4-6-21(17-31)25(33)29-15-20-5-2-3-7-22(20)28/h2-3,5,7-12,14,21H,4,6,13,15-17H2,1H3,(H,29,33)/t21-/m0/s1. The summed E-state index contributed by atoms with van der Waals surface area (Å²) in [7, 11) is 0. The van der Waals surface area contributed by atoms with Crippen LogP contribution in [0.2, 0.25) is 0 Å². The van der Waals surface area contributed by atoms with Crippen LogP contribution in [-0.4, -0.2) is 28.5 Å². The van der Waals surface area contributed by atoms with Crippen molar-refractivity contribution < 1.29 is 9.18 Å². The molecule has 0 bridgehead atoms. The van der Waals surface area contributed by atoms with Crippen molar-refractivity contribution in [1.29, 1.82) is 0 Å². The molecule has 6 nitrogen and oxygen atoms in total. The Morgan fingerprint density at radius 1 is 1.17 bits per heavy atom. The number of thiophene rings is 1. The summed E-state index contributed by atoms with van der Waals surface area (Å²) in [5.41, 5.74) is 3.26. The van der Waals surface area contributed by atoms with Gasteiger partial charge in [-0.05, 0) is 42.8 Å². The van der Waals surface area contributed by atoms with Gasteiger partial charge in [-0.3, -0.25) is 14.2 Å². The van der Waals surface area contributed by atoms with Crippen molar-refractivity contribution in [2.24, 2.45) is 5.92 Å². The number of rotatable bonds is 6. The number of nitrogens with one attached hydrogen (secondary N) is 1. The van der Waals surface area contributed by atoms with Crippen LogP contribution in [0.5, 0.6) is 0 Å². The number of carbonyl (C=O) groups excluding carboxylic acids is 1. The molecular weight excluding hydrogens is 463 g/mol. The van der Waals surface area contributed by atoms with Gasteiger partial charge in [0.15, 0.2) is 0 Å². The molecule has 5 rings (SSSR count). The quantitative estimate of drug-likeness (QED) is 0.433. The lowest BCUT2D eigenvalue weighted by Gasteiger charge is -2.34. The Labute approximate surface area is 207 Å². The average Bonchev–Trinajstić information content (AvgIpc) is 3.35. The summed E-state index contributed by atoms with van der Waals surface area (Å²) in [6, 6.07) is 16.4. The number of nitrogens with zero attached hydrogens (tertiary/aromatic N) is 3. The summed E-state index contributed by atoms with van der Waals surface area (Å²) in [5.74, 6) is -0.111. The number of benzene rings is 2. The third kappa shape index (κ3) is 4.98.